The summed E-state index contributed by atoms with van der Waals surface area (Å²) in [5, 5.41) is 0. The van der Waals surface area contributed by atoms with Crippen LogP contribution in [-0.2, 0) is 12.7 Å². The van der Waals surface area contributed by atoms with Crippen molar-refractivity contribution in [3.63, 3.8) is 0 Å². The molecule has 0 aliphatic rings. The lowest BCUT2D eigenvalue weighted by molar-refractivity contribution is -0.147. The van der Waals surface area contributed by atoms with Crippen LogP contribution in [-0.4, -0.2) is 16.0 Å². The van der Waals surface area contributed by atoms with E-state index >= 15 is 0 Å². The average Bonchev–Trinajstić information content (AvgIpc) is 2.86. The molecular formula is C16H10F5N2. The number of fused-ring (bicyclic) bond motifs is 1. The molecule has 1 aromatic heterocycles. The summed E-state index contributed by atoms with van der Waals surface area (Å²) in [6.07, 6.45) is -7.72. The van der Waals surface area contributed by atoms with Crippen LogP contribution in [0.3, 0.4) is 0 Å². The smallest absolute Gasteiger partial charge is 0.315 e. The Morgan fingerprint density at radius 1 is 1.09 bits per heavy atom. The third kappa shape index (κ3) is 2.91. The van der Waals surface area contributed by atoms with E-state index in [1.54, 1.807) is 30.3 Å². The molecule has 0 spiro atoms. The van der Waals surface area contributed by atoms with E-state index in [9.17, 15) is 22.0 Å². The van der Waals surface area contributed by atoms with Gasteiger partial charge in [0, 0.05) is 5.56 Å². The van der Waals surface area contributed by atoms with Crippen LogP contribution in [0, 0.1) is 6.07 Å². The van der Waals surface area contributed by atoms with E-state index in [1.165, 1.54) is 12.1 Å². The second-order valence-electron chi connectivity index (χ2n) is 4.90. The molecule has 2 aromatic carbocycles. The average molecular weight is 325 g/mol. The van der Waals surface area contributed by atoms with Crippen molar-refractivity contribution in [3.8, 4) is 11.1 Å². The van der Waals surface area contributed by atoms with Crippen LogP contribution >= 0.6 is 0 Å². The highest BCUT2D eigenvalue weighted by molar-refractivity contribution is 5.92. The van der Waals surface area contributed by atoms with Gasteiger partial charge in [-0.1, -0.05) is 36.4 Å². The standard InChI is InChI=1S/C16H10F5N2/c17-13(18)9-23-12-8-4-7-11(10-5-2-1-3-6-10)14(12)22-15(23)16(19,20)21/h2-8,13H,9H2. The van der Waals surface area contributed by atoms with E-state index in [-0.39, 0.29) is 11.0 Å². The van der Waals surface area contributed by atoms with Gasteiger partial charge in [0.2, 0.25) is 5.82 Å². The molecule has 0 atom stereocenters. The highest BCUT2D eigenvalue weighted by Crippen LogP contribution is 2.35. The molecule has 7 heteroatoms. The summed E-state index contributed by atoms with van der Waals surface area (Å²) in [5.74, 6) is -1.32. The van der Waals surface area contributed by atoms with Crippen LogP contribution in [0.25, 0.3) is 22.2 Å². The zero-order chi connectivity index (χ0) is 16.6. The predicted octanol–water partition coefficient (Wildman–Crippen LogP) is 4.79. The lowest BCUT2D eigenvalue weighted by Crippen LogP contribution is -2.17. The molecule has 0 bridgehead atoms. The number of alkyl halides is 5. The Morgan fingerprint density at radius 2 is 1.78 bits per heavy atom. The van der Waals surface area contributed by atoms with Gasteiger partial charge in [0.1, 0.15) is 0 Å². The predicted molar refractivity (Wildman–Crippen MR) is 75.0 cm³/mol. The van der Waals surface area contributed by atoms with Crippen LogP contribution < -0.4 is 0 Å². The first kappa shape index (κ1) is 15.5. The molecule has 3 aromatic rings. The summed E-state index contributed by atoms with van der Waals surface area (Å²) in [6.45, 7) is -1.06. The minimum atomic E-state index is -4.81. The van der Waals surface area contributed by atoms with Gasteiger partial charge in [-0.25, -0.2) is 13.8 Å². The van der Waals surface area contributed by atoms with Crippen molar-refractivity contribution >= 4 is 11.0 Å². The van der Waals surface area contributed by atoms with Gasteiger partial charge in [-0.2, -0.15) is 13.2 Å². The maximum atomic E-state index is 13.1. The normalized spacial score (nSPS) is 12.3. The second kappa shape index (κ2) is 5.64. The van der Waals surface area contributed by atoms with Crippen molar-refractivity contribution in [2.75, 3.05) is 0 Å². The quantitative estimate of drug-likeness (QED) is 0.633. The molecule has 0 amide bonds. The Hall–Kier alpha value is -2.44. The molecule has 1 heterocycles. The monoisotopic (exact) mass is 325 g/mol. The van der Waals surface area contributed by atoms with Gasteiger partial charge >= 0.3 is 6.18 Å². The molecule has 2 nitrogen and oxygen atoms in total. The van der Waals surface area contributed by atoms with Crippen LogP contribution in [0.1, 0.15) is 5.82 Å². The van der Waals surface area contributed by atoms with Gasteiger partial charge in [-0.05, 0) is 17.7 Å². The first-order valence-electron chi connectivity index (χ1n) is 6.69. The van der Waals surface area contributed by atoms with Gasteiger partial charge < -0.3 is 4.57 Å². The second-order valence-corrected chi connectivity index (χ2v) is 4.90. The highest BCUT2D eigenvalue weighted by atomic mass is 19.4. The SMILES string of the molecule is FC(F)Cn1c(C(F)(F)F)nc2c(-c3cc[c]cc3)cccc21. The fourth-order valence-electron chi connectivity index (χ4n) is 2.49. The molecule has 0 aliphatic heterocycles. The summed E-state index contributed by atoms with van der Waals surface area (Å²) in [4.78, 5) is 3.61. The number of imidazole rings is 1. The topological polar surface area (TPSA) is 17.8 Å². The third-order valence-electron chi connectivity index (χ3n) is 3.38. The molecule has 0 saturated heterocycles. The van der Waals surface area contributed by atoms with E-state index < -0.39 is 25.0 Å². The zero-order valence-corrected chi connectivity index (χ0v) is 11.6. The lowest BCUT2D eigenvalue weighted by atomic mass is 10.0. The molecule has 0 saturated carbocycles. The molecule has 1 radical (unpaired) electrons. The maximum Gasteiger partial charge on any atom is 0.449 e. The zero-order valence-electron chi connectivity index (χ0n) is 11.6. The van der Waals surface area contributed by atoms with Crippen molar-refractivity contribution in [2.24, 2.45) is 0 Å². The number of para-hydroxylation sites is 1. The Morgan fingerprint density at radius 3 is 2.39 bits per heavy atom. The Labute approximate surface area is 128 Å². The largest absolute Gasteiger partial charge is 0.449 e. The maximum absolute atomic E-state index is 13.1. The van der Waals surface area contributed by atoms with Crippen molar-refractivity contribution in [2.45, 2.75) is 19.1 Å². The number of nitrogens with zero attached hydrogens (tertiary/aromatic N) is 2. The molecule has 23 heavy (non-hydrogen) atoms. The van der Waals surface area contributed by atoms with Crippen LogP contribution in [0.2, 0.25) is 0 Å². The van der Waals surface area contributed by atoms with E-state index in [1.807, 2.05) is 0 Å². The third-order valence-corrected chi connectivity index (χ3v) is 3.38. The van der Waals surface area contributed by atoms with Crippen molar-refractivity contribution in [1.29, 1.82) is 0 Å². The van der Waals surface area contributed by atoms with Crippen LogP contribution in [0.4, 0.5) is 22.0 Å². The van der Waals surface area contributed by atoms with Gasteiger partial charge in [0.15, 0.2) is 0 Å². The van der Waals surface area contributed by atoms with E-state index in [0.717, 1.165) is 0 Å². The number of rotatable bonds is 3. The van der Waals surface area contributed by atoms with E-state index in [4.69, 9.17) is 0 Å². The van der Waals surface area contributed by atoms with Crippen molar-refractivity contribution in [1.82, 2.24) is 9.55 Å². The highest BCUT2D eigenvalue weighted by Gasteiger charge is 2.38. The minimum absolute atomic E-state index is 0.0305. The summed E-state index contributed by atoms with van der Waals surface area (Å²) in [5.41, 5.74) is 1.18. The first-order valence-corrected chi connectivity index (χ1v) is 6.69. The summed E-state index contributed by atoms with van der Waals surface area (Å²) in [7, 11) is 0. The molecular weight excluding hydrogens is 315 g/mol. The molecule has 3 rings (SSSR count). The van der Waals surface area contributed by atoms with Gasteiger partial charge in [0.05, 0.1) is 17.6 Å². The molecule has 0 fully saturated rings. The lowest BCUT2D eigenvalue weighted by Gasteiger charge is -2.10. The number of hydrogen-bond acceptors (Lipinski definition) is 1. The summed E-state index contributed by atoms with van der Waals surface area (Å²) < 4.78 is 65.3. The van der Waals surface area contributed by atoms with Crippen molar-refractivity contribution in [3.05, 3.63) is 54.4 Å². The number of benzene rings is 2. The van der Waals surface area contributed by atoms with Crippen molar-refractivity contribution < 1.29 is 22.0 Å². The van der Waals surface area contributed by atoms with Crippen LogP contribution in [0.15, 0.2) is 42.5 Å². The summed E-state index contributed by atoms with van der Waals surface area (Å²) >= 11 is 0. The number of halogens is 5. The summed E-state index contributed by atoms with van der Waals surface area (Å²) in [6, 6.07) is 13.9. The molecule has 0 aliphatic carbocycles. The van der Waals surface area contributed by atoms with E-state index in [2.05, 4.69) is 11.1 Å². The fraction of sp³-hybridized carbons (Fsp3) is 0.188. The van der Waals surface area contributed by atoms with Crippen LogP contribution in [0.5, 0.6) is 0 Å². The number of hydrogen-bond donors (Lipinski definition) is 0. The van der Waals surface area contributed by atoms with Gasteiger partial charge in [-0.3, -0.25) is 0 Å². The van der Waals surface area contributed by atoms with Gasteiger partial charge in [-0.15, -0.1) is 0 Å². The fourth-order valence-corrected chi connectivity index (χ4v) is 2.49. The molecule has 0 unspecified atom stereocenters. The first-order chi connectivity index (χ1) is 10.9. The van der Waals surface area contributed by atoms with E-state index in [0.29, 0.717) is 15.7 Å². The molecule has 119 valence electrons. The van der Waals surface area contributed by atoms with Gasteiger partial charge in [0.25, 0.3) is 6.43 Å². The Bertz CT molecular complexity index is 822. The minimum Gasteiger partial charge on any atom is -0.315 e. The Kier molecular flexibility index (Phi) is 3.79. The molecule has 0 N–H and O–H groups in total. The Balaban J connectivity index is 2.29. The number of aromatic nitrogens is 2.